The number of nitrogens with zero attached hydrogens (tertiary/aromatic N) is 5. The summed E-state index contributed by atoms with van der Waals surface area (Å²) in [5.74, 6) is 0.567. The lowest BCUT2D eigenvalue weighted by atomic mass is 9.81. The molecular formula is C22H26N6O2. The molecule has 30 heavy (non-hydrogen) atoms. The number of carbonyl (C=O) groups is 1. The number of nitrogens with two attached hydrogens (primary N) is 1. The molecule has 2 N–H and O–H groups in total. The van der Waals surface area contributed by atoms with Gasteiger partial charge >= 0.3 is 0 Å². The average Bonchev–Trinajstić information content (AvgIpc) is 3.25. The van der Waals surface area contributed by atoms with Crippen LogP contribution in [0.3, 0.4) is 0 Å². The fourth-order valence-corrected chi connectivity index (χ4v) is 3.91. The summed E-state index contributed by atoms with van der Waals surface area (Å²) in [6.45, 7) is 8.48. The predicted molar refractivity (Wildman–Crippen MR) is 115 cm³/mol. The molecule has 1 unspecified atom stereocenters. The van der Waals surface area contributed by atoms with E-state index < -0.39 is 5.54 Å². The third-order valence-electron chi connectivity index (χ3n) is 5.84. The highest BCUT2D eigenvalue weighted by Crippen LogP contribution is 2.39. The molecule has 0 spiro atoms. The predicted octanol–water partition coefficient (Wildman–Crippen LogP) is 3.41. The van der Waals surface area contributed by atoms with Gasteiger partial charge in [-0.3, -0.25) is 4.79 Å². The fourth-order valence-electron chi connectivity index (χ4n) is 3.91. The molecule has 0 radical (unpaired) electrons. The van der Waals surface area contributed by atoms with Gasteiger partial charge in [-0.15, -0.1) is 5.10 Å². The molecule has 1 saturated heterocycles. The molecule has 156 valence electrons. The molecule has 0 aliphatic carbocycles. The van der Waals surface area contributed by atoms with Crippen molar-refractivity contribution in [2.75, 3.05) is 32.0 Å². The quantitative estimate of drug-likeness (QED) is 0.840. The third-order valence-corrected chi connectivity index (χ3v) is 5.84. The van der Waals surface area contributed by atoms with Crippen LogP contribution in [-0.2, 0) is 10.3 Å². The van der Waals surface area contributed by atoms with Gasteiger partial charge < -0.3 is 15.4 Å². The molecule has 1 aromatic carbocycles. The summed E-state index contributed by atoms with van der Waals surface area (Å²) in [7, 11) is 0. The highest BCUT2D eigenvalue weighted by molar-refractivity contribution is 5.96. The summed E-state index contributed by atoms with van der Waals surface area (Å²) >= 11 is 0. The number of carbonyl (C=O) groups excluding carboxylic acids is 1. The molecular weight excluding hydrogens is 380 g/mol. The van der Waals surface area contributed by atoms with E-state index in [0.29, 0.717) is 37.7 Å². The van der Waals surface area contributed by atoms with Gasteiger partial charge in [-0.05, 0) is 41.3 Å². The zero-order chi connectivity index (χ0) is 21.3. The van der Waals surface area contributed by atoms with Gasteiger partial charge in [-0.2, -0.15) is 5.11 Å². The van der Waals surface area contributed by atoms with E-state index in [1.807, 2.05) is 36.1 Å². The fraction of sp³-hybridized carbons (Fsp3) is 0.409. The van der Waals surface area contributed by atoms with Crippen LogP contribution in [0.2, 0.25) is 0 Å². The number of ether oxygens (including phenoxy) is 1. The van der Waals surface area contributed by atoms with Gasteiger partial charge in [0.2, 0.25) is 0 Å². The molecule has 2 aliphatic rings. The summed E-state index contributed by atoms with van der Waals surface area (Å²) in [4.78, 5) is 19.1. The molecule has 1 atom stereocenters. The Morgan fingerprint density at radius 2 is 1.97 bits per heavy atom. The minimum absolute atomic E-state index is 0.0415. The normalized spacial score (nSPS) is 20.9. The van der Waals surface area contributed by atoms with E-state index >= 15 is 0 Å². The van der Waals surface area contributed by atoms with Gasteiger partial charge in [0.05, 0.1) is 19.4 Å². The second-order valence-electron chi connectivity index (χ2n) is 8.01. The number of anilines is 1. The summed E-state index contributed by atoms with van der Waals surface area (Å²) in [6.07, 6.45) is 3.47. The maximum atomic E-state index is 12.9. The number of benzene rings is 1. The van der Waals surface area contributed by atoms with Crippen LogP contribution < -0.4 is 5.73 Å². The van der Waals surface area contributed by atoms with Gasteiger partial charge in [-0.25, -0.2) is 4.98 Å². The van der Waals surface area contributed by atoms with Crippen LogP contribution in [0.5, 0.6) is 0 Å². The minimum Gasteiger partial charge on any atom is -0.383 e. The number of hydrogen-bond donors (Lipinski definition) is 1. The Kier molecular flexibility index (Phi) is 5.34. The number of morpholine rings is 1. The van der Waals surface area contributed by atoms with Crippen LogP contribution in [0, 0.1) is 12.8 Å². The van der Waals surface area contributed by atoms with Crippen LogP contribution >= 0.6 is 0 Å². The topological polar surface area (TPSA) is 106 Å². The van der Waals surface area contributed by atoms with Gasteiger partial charge in [0.15, 0.2) is 5.54 Å². The molecule has 0 bridgehead atoms. The van der Waals surface area contributed by atoms with Crippen LogP contribution in [0.25, 0.3) is 11.1 Å². The molecule has 1 aromatic heterocycles. The Bertz CT molecular complexity index is 1010. The number of nitrogen functional groups attached to an aromatic ring is 1. The van der Waals surface area contributed by atoms with Crippen molar-refractivity contribution >= 4 is 17.9 Å². The summed E-state index contributed by atoms with van der Waals surface area (Å²) < 4.78 is 5.35. The van der Waals surface area contributed by atoms with Crippen LogP contribution in [0.1, 0.15) is 35.3 Å². The van der Waals surface area contributed by atoms with Gasteiger partial charge in [-0.1, -0.05) is 26.0 Å². The second-order valence-corrected chi connectivity index (χ2v) is 8.01. The van der Waals surface area contributed by atoms with E-state index in [1.165, 1.54) is 0 Å². The molecule has 2 aromatic rings. The first-order chi connectivity index (χ1) is 14.4. The monoisotopic (exact) mass is 406 g/mol. The van der Waals surface area contributed by atoms with Crippen molar-refractivity contribution in [1.29, 1.82) is 0 Å². The Labute approximate surface area is 175 Å². The van der Waals surface area contributed by atoms with E-state index in [0.717, 1.165) is 22.3 Å². The van der Waals surface area contributed by atoms with E-state index in [1.54, 1.807) is 12.4 Å². The maximum Gasteiger partial charge on any atom is 0.254 e. The highest BCUT2D eigenvalue weighted by Gasteiger charge is 2.39. The molecule has 8 nitrogen and oxygen atoms in total. The van der Waals surface area contributed by atoms with Gasteiger partial charge in [0, 0.05) is 36.0 Å². The number of pyridine rings is 1. The van der Waals surface area contributed by atoms with E-state index in [9.17, 15) is 4.79 Å². The number of rotatable bonds is 4. The van der Waals surface area contributed by atoms with Crippen molar-refractivity contribution in [3.05, 3.63) is 47.2 Å². The largest absolute Gasteiger partial charge is 0.383 e. The molecule has 2 aliphatic heterocycles. The van der Waals surface area contributed by atoms with Crippen LogP contribution in [-0.4, -0.2) is 48.3 Å². The van der Waals surface area contributed by atoms with Crippen molar-refractivity contribution in [3.8, 4) is 11.1 Å². The first-order valence-corrected chi connectivity index (χ1v) is 10.1. The van der Waals surface area contributed by atoms with Crippen LogP contribution in [0.4, 0.5) is 5.82 Å². The van der Waals surface area contributed by atoms with Crippen molar-refractivity contribution < 1.29 is 9.53 Å². The number of aromatic nitrogens is 1. The summed E-state index contributed by atoms with van der Waals surface area (Å²) in [6, 6.07) is 7.84. The standard InChI is InChI=1S/C22H26N6O2/c1-14(2)22(13-25-27-26-22)19-11-17(12-24-20(19)23)16-4-5-18(15(3)10-16)21(29)28-6-8-30-9-7-28/h4-5,10-14H,6-9H2,1-3H3,(H2,23,24). The molecule has 8 heteroatoms. The second kappa shape index (κ2) is 7.95. The molecule has 1 fully saturated rings. The molecule has 0 saturated carbocycles. The lowest BCUT2D eigenvalue weighted by Gasteiger charge is -2.28. The molecule has 1 amide bonds. The molecule has 3 heterocycles. The molecule has 4 rings (SSSR count). The zero-order valence-electron chi connectivity index (χ0n) is 17.5. The first-order valence-electron chi connectivity index (χ1n) is 10.1. The Hall–Kier alpha value is -3.13. The van der Waals surface area contributed by atoms with Crippen molar-refractivity contribution in [1.82, 2.24) is 9.88 Å². The van der Waals surface area contributed by atoms with Crippen LogP contribution in [0.15, 0.2) is 45.9 Å². The summed E-state index contributed by atoms with van der Waals surface area (Å²) in [5, 5.41) is 12.2. The highest BCUT2D eigenvalue weighted by atomic mass is 16.5. The summed E-state index contributed by atoms with van der Waals surface area (Å²) in [5.41, 5.74) is 9.78. The first kappa shape index (κ1) is 20.2. The van der Waals surface area contributed by atoms with Crippen molar-refractivity contribution in [2.24, 2.45) is 21.4 Å². The Morgan fingerprint density at radius 3 is 2.60 bits per heavy atom. The number of amides is 1. The maximum absolute atomic E-state index is 12.9. The SMILES string of the molecule is Cc1cc(-c2cnc(N)c(C3(C(C)C)C=NN=N3)c2)ccc1C(=O)N1CCOCC1. The third kappa shape index (κ3) is 3.47. The number of hydrogen-bond acceptors (Lipinski definition) is 7. The Balaban J connectivity index is 1.68. The lowest BCUT2D eigenvalue weighted by molar-refractivity contribution is 0.0302. The smallest absolute Gasteiger partial charge is 0.254 e. The van der Waals surface area contributed by atoms with Crippen molar-refractivity contribution in [3.63, 3.8) is 0 Å². The van der Waals surface area contributed by atoms with E-state index in [4.69, 9.17) is 10.5 Å². The van der Waals surface area contributed by atoms with Crippen molar-refractivity contribution in [2.45, 2.75) is 26.3 Å². The minimum atomic E-state index is -0.714. The van der Waals surface area contributed by atoms with Gasteiger partial charge in [0.1, 0.15) is 5.82 Å². The lowest BCUT2D eigenvalue weighted by Crippen LogP contribution is -2.40. The van der Waals surface area contributed by atoms with E-state index in [-0.39, 0.29) is 11.8 Å². The zero-order valence-corrected chi connectivity index (χ0v) is 17.5. The average molecular weight is 406 g/mol. The number of aryl methyl sites for hydroxylation is 1. The van der Waals surface area contributed by atoms with E-state index in [2.05, 4.69) is 34.3 Å². The Morgan fingerprint density at radius 1 is 1.20 bits per heavy atom. The van der Waals surface area contributed by atoms with Gasteiger partial charge in [0.25, 0.3) is 5.91 Å².